The molecule has 0 aliphatic heterocycles. The number of rotatable bonds is 1. The molecule has 3 rings (SSSR count). The van der Waals surface area contributed by atoms with E-state index in [4.69, 9.17) is 16.7 Å². The number of H-pyrrole nitrogens is 2. The molecule has 0 aliphatic rings. The topological polar surface area (TPSA) is 85.9 Å². The fourth-order valence-corrected chi connectivity index (χ4v) is 2.25. The lowest BCUT2D eigenvalue weighted by Gasteiger charge is -2.01. The van der Waals surface area contributed by atoms with Gasteiger partial charge in [0.2, 0.25) is 0 Å². The van der Waals surface area contributed by atoms with Crippen LogP contribution >= 0.6 is 11.6 Å². The van der Waals surface area contributed by atoms with Gasteiger partial charge in [-0.3, -0.25) is 4.79 Å². The second-order valence-corrected chi connectivity index (χ2v) is 4.34. The van der Waals surface area contributed by atoms with Crippen molar-refractivity contribution in [1.29, 1.82) is 0 Å². The molecule has 18 heavy (non-hydrogen) atoms. The maximum atomic E-state index is 11.8. The number of aromatic nitrogens is 2. The van der Waals surface area contributed by atoms with Crippen LogP contribution in [0.5, 0.6) is 0 Å². The summed E-state index contributed by atoms with van der Waals surface area (Å²) < 4.78 is 0. The molecule has 1 aromatic carbocycles. The minimum Gasteiger partial charge on any atom is -0.478 e. The third-order valence-electron chi connectivity index (χ3n) is 2.84. The first-order valence-corrected chi connectivity index (χ1v) is 5.51. The zero-order chi connectivity index (χ0) is 12.9. The van der Waals surface area contributed by atoms with Gasteiger partial charge in [0.05, 0.1) is 11.1 Å². The quantitative estimate of drug-likeness (QED) is 0.629. The van der Waals surface area contributed by atoms with E-state index < -0.39 is 5.97 Å². The molecule has 0 atom stereocenters. The van der Waals surface area contributed by atoms with Crippen LogP contribution in [0.3, 0.4) is 0 Å². The fraction of sp³-hybridized carbons (Fsp3) is 0. The van der Waals surface area contributed by atoms with Gasteiger partial charge in [0, 0.05) is 22.0 Å². The van der Waals surface area contributed by atoms with E-state index in [-0.39, 0.29) is 16.6 Å². The number of benzene rings is 1. The first-order valence-electron chi connectivity index (χ1n) is 5.14. The highest BCUT2D eigenvalue weighted by molar-refractivity contribution is 6.31. The van der Waals surface area contributed by atoms with E-state index in [9.17, 15) is 9.59 Å². The number of fused-ring (bicyclic) bond motifs is 3. The molecule has 90 valence electrons. The molecule has 0 amide bonds. The molecule has 3 N–H and O–H groups in total. The van der Waals surface area contributed by atoms with Gasteiger partial charge in [-0.15, -0.1) is 0 Å². The SMILES string of the molecule is O=C(O)c1c[nH]c2c(=O)[nH]c3cc(Cl)ccc3c12. The Kier molecular flexibility index (Phi) is 2.18. The van der Waals surface area contributed by atoms with Crippen LogP contribution in [-0.2, 0) is 0 Å². The average molecular weight is 263 g/mol. The molecule has 0 saturated carbocycles. The molecular weight excluding hydrogens is 256 g/mol. The number of hydrogen-bond acceptors (Lipinski definition) is 2. The predicted octanol–water partition coefficient (Wildman–Crippen LogP) is 2.36. The number of hydrogen-bond donors (Lipinski definition) is 3. The Morgan fingerprint density at radius 3 is 2.83 bits per heavy atom. The standard InChI is InChI=1S/C12H7ClN2O3/c13-5-1-2-6-8(3-5)15-11(16)10-9(6)7(4-14-10)12(17)18/h1-4,14H,(H,15,16)(H,17,18). The molecule has 0 radical (unpaired) electrons. The van der Waals surface area contributed by atoms with Crippen molar-refractivity contribution in [1.82, 2.24) is 9.97 Å². The Bertz CT molecular complexity index is 848. The number of carbonyl (C=O) groups is 1. The van der Waals surface area contributed by atoms with Crippen molar-refractivity contribution in [2.45, 2.75) is 0 Å². The lowest BCUT2D eigenvalue weighted by Crippen LogP contribution is -2.06. The van der Waals surface area contributed by atoms with Crippen molar-refractivity contribution in [3.63, 3.8) is 0 Å². The Labute approximate surface area is 105 Å². The molecule has 0 bridgehead atoms. The maximum Gasteiger partial charge on any atom is 0.337 e. The lowest BCUT2D eigenvalue weighted by molar-refractivity contribution is 0.0699. The minimum atomic E-state index is -1.08. The summed E-state index contributed by atoms with van der Waals surface area (Å²) in [5.41, 5.74) is 0.472. The molecule has 2 heterocycles. The largest absolute Gasteiger partial charge is 0.478 e. The van der Waals surface area contributed by atoms with Crippen LogP contribution in [0.15, 0.2) is 29.2 Å². The number of halogens is 1. The third kappa shape index (κ3) is 1.41. The summed E-state index contributed by atoms with van der Waals surface area (Å²) in [6.07, 6.45) is 1.32. The van der Waals surface area contributed by atoms with E-state index in [0.717, 1.165) is 0 Å². The van der Waals surface area contributed by atoms with Crippen LogP contribution in [0.1, 0.15) is 10.4 Å². The Balaban J connectivity index is 2.62. The van der Waals surface area contributed by atoms with Gasteiger partial charge >= 0.3 is 5.97 Å². The van der Waals surface area contributed by atoms with Crippen molar-refractivity contribution in [2.75, 3.05) is 0 Å². The van der Waals surface area contributed by atoms with E-state index in [0.29, 0.717) is 21.3 Å². The van der Waals surface area contributed by atoms with Crippen LogP contribution in [0.2, 0.25) is 5.02 Å². The Morgan fingerprint density at radius 2 is 2.11 bits per heavy atom. The molecule has 0 unspecified atom stereocenters. The molecule has 0 aliphatic carbocycles. The number of aromatic amines is 2. The molecule has 0 spiro atoms. The van der Waals surface area contributed by atoms with Gasteiger partial charge in [-0.25, -0.2) is 4.79 Å². The summed E-state index contributed by atoms with van der Waals surface area (Å²) in [6.45, 7) is 0. The molecule has 5 nitrogen and oxygen atoms in total. The lowest BCUT2D eigenvalue weighted by atomic mass is 10.1. The van der Waals surface area contributed by atoms with Gasteiger partial charge in [-0.2, -0.15) is 0 Å². The van der Waals surface area contributed by atoms with Gasteiger partial charge in [0.25, 0.3) is 5.56 Å². The normalized spacial score (nSPS) is 11.2. The van der Waals surface area contributed by atoms with E-state index in [1.54, 1.807) is 18.2 Å². The van der Waals surface area contributed by atoms with Crippen LogP contribution < -0.4 is 5.56 Å². The highest BCUT2D eigenvalue weighted by Crippen LogP contribution is 2.26. The van der Waals surface area contributed by atoms with Gasteiger partial charge in [-0.05, 0) is 12.1 Å². The zero-order valence-electron chi connectivity index (χ0n) is 8.95. The van der Waals surface area contributed by atoms with E-state index in [1.165, 1.54) is 6.20 Å². The molecule has 3 aromatic rings. The van der Waals surface area contributed by atoms with Gasteiger partial charge in [0.15, 0.2) is 0 Å². The van der Waals surface area contributed by atoms with E-state index >= 15 is 0 Å². The molecule has 0 fully saturated rings. The molecule has 2 aromatic heterocycles. The van der Waals surface area contributed by atoms with Crippen molar-refractivity contribution >= 4 is 39.4 Å². The highest BCUT2D eigenvalue weighted by Gasteiger charge is 2.15. The number of carboxylic acids is 1. The Hall–Kier alpha value is -2.27. The maximum absolute atomic E-state index is 11.8. The molecular formula is C12H7ClN2O3. The summed E-state index contributed by atoms with van der Waals surface area (Å²) in [4.78, 5) is 28.3. The number of carboxylic acid groups (broad SMARTS) is 1. The summed E-state index contributed by atoms with van der Waals surface area (Å²) in [5.74, 6) is -1.08. The predicted molar refractivity (Wildman–Crippen MR) is 68.4 cm³/mol. The zero-order valence-corrected chi connectivity index (χ0v) is 9.71. The van der Waals surface area contributed by atoms with E-state index in [1.807, 2.05) is 0 Å². The Morgan fingerprint density at radius 1 is 1.33 bits per heavy atom. The summed E-state index contributed by atoms with van der Waals surface area (Å²) >= 11 is 5.85. The summed E-state index contributed by atoms with van der Waals surface area (Å²) in [7, 11) is 0. The summed E-state index contributed by atoms with van der Waals surface area (Å²) in [6, 6.07) is 4.94. The molecule has 6 heteroatoms. The number of aromatic carboxylic acids is 1. The van der Waals surface area contributed by atoms with Crippen molar-refractivity contribution in [2.24, 2.45) is 0 Å². The fourth-order valence-electron chi connectivity index (χ4n) is 2.07. The van der Waals surface area contributed by atoms with Crippen molar-refractivity contribution in [3.8, 4) is 0 Å². The van der Waals surface area contributed by atoms with Gasteiger partial charge < -0.3 is 15.1 Å². The second-order valence-electron chi connectivity index (χ2n) is 3.90. The average Bonchev–Trinajstić information content (AvgIpc) is 2.74. The van der Waals surface area contributed by atoms with Gasteiger partial charge in [0.1, 0.15) is 5.52 Å². The first-order chi connectivity index (χ1) is 8.58. The highest BCUT2D eigenvalue weighted by atomic mass is 35.5. The summed E-state index contributed by atoms with van der Waals surface area (Å²) in [5, 5.41) is 10.6. The van der Waals surface area contributed by atoms with E-state index in [2.05, 4.69) is 9.97 Å². The van der Waals surface area contributed by atoms with Crippen molar-refractivity contribution in [3.05, 3.63) is 45.3 Å². The van der Waals surface area contributed by atoms with Crippen LogP contribution in [0.4, 0.5) is 0 Å². The third-order valence-corrected chi connectivity index (χ3v) is 3.07. The minimum absolute atomic E-state index is 0.0726. The van der Waals surface area contributed by atoms with Gasteiger partial charge in [-0.1, -0.05) is 17.7 Å². The number of nitrogens with one attached hydrogen (secondary N) is 2. The monoisotopic (exact) mass is 262 g/mol. The second kappa shape index (κ2) is 3.61. The molecule has 0 saturated heterocycles. The van der Waals surface area contributed by atoms with Crippen LogP contribution in [0.25, 0.3) is 21.8 Å². The smallest absolute Gasteiger partial charge is 0.337 e. The van der Waals surface area contributed by atoms with Crippen LogP contribution in [-0.4, -0.2) is 21.0 Å². The van der Waals surface area contributed by atoms with Crippen molar-refractivity contribution < 1.29 is 9.90 Å². The van der Waals surface area contributed by atoms with Crippen LogP contribution in [0, 0.1) is 0 Å². The first kappa shape index (κ1) is 10.9. The number of pyridine rings is 1.